The normalized spacial score (nSPS) is 12.9. The van der Waals surface area contributed by atoms with Gasteiger partial charge in [-0.05, 0) is 11.6 Å². The minimum Gasteiger partial charge on any atom is -0.394 e. The SMILES string of the molecule is OCC(O)CSc1nc(Cl)ncc1F. The van der Waals surface area contributed by atoms with Crippen LogP contribution in [0, 0.1) is 5.82 Å². The van der Waals surface area contributed by atoms with Gasteiger partial charge in [-0.3, -0.25) is 0 Å². The van der Waals surface area contributed by atoms with Gasteiger partial charge in [-0.15, -0.1) is 11.8 Å². The zero-order valence-corrected chi connectivity index (χ0v) is 8.59. The van der Waals surface area contributed by atoms with Gasteiger partial charge in [-0.1, -0.05) is 0 Å². The van der Waals surface area contributed by atoms with Crippen LogP contribution < -0.4 is 0 Å². The quantitative estimate of drug-likeness (QED) is 0.460. The van der Waals surface area contributed by atoms with Crippen molar-refractivity contribution in [1.82, 2.24) is 9.97 Å². The van der Waals surface area contributed by atoms with E-state index in [1.54, 1.807) is 0 Å². The van der Waals surface area contributed by atoms with E-state index in [-0.39, 0.29) is 22.7 Å². The van der Waals surface area contributed by atoms with E-state index >= 15 is 0 Å². The van der Waals surface area contributed by atoms with Gasteiger partial charge in [0.1, 0.15) is 5.03 Å². The van der Waals surface area contributed by atoms with Crippen molar-refractivity contribution in [3.05, 3.63) is 17.3 Å². The van der Waals surface area contributed by atoms with Crippen molar-refractivity contribution >= 4 is 23.4 Å². The lowest BCUT2D eigenvalue weighted by molar-refractivity contribution is 0.113. The molecule has 0 fully saturated rings. The summed E-state index contributed by atoms with van der Waals surface area (Å²) in [5, 5.41) is 17.5. The number of halogens is 2. The molecule has 0 aliphatic heterocycles. The Hall–Kier alpha value is -0.430. The summed E-state index contributed by atoms with van der Waals surface area (Å²) in [5.41, 5.74) is 0. The Kier molecular flexibility index (Phi) is 4.53. The number of hydrogen-bond acceptors (Lipinski definition) is 5. The standard InChI is InChI=1S/C7H8ClFN2O2S/c8-7-10-1-5(9)6(11-7)14-3-4(13)2-12/h1,4,12-13H,2-3H2. The Labute approximate surface area is 89.1 Å². The van der Waals surface area contributed by atoms with Crippen LogP contribution in [0.3, 0.4) is 0 Å². The first-order valence-electron chi connectivity index (χ1n) is 3.73. The average Bonchev–Trinajstić information content (AvgIpc) is 2.19. The molecule has 0 saturated carbocycles. The van der Waals surface area contributed by atoms with Gasteiger partial charge in [0, 0.05) is 5.75 Å². The maximum Gasteiger partial charge on any atom is 0.223 e. The molecule has 1 heterocycles. The molecule has 78 valence electrons. The van der Waals surface area contributed by atoms with E-state index in [1.165, 1.54) is 0 Å². The van der Waals surface area contributed by atoms with E-state index in [1.807, 2.05) is 0 Å². The smallest absolute Gasteiger partial charge is 0.223 e. The maximum atomic E-state index is 13.0. The lowest BCUT2D eigenvalue weighted by Crippen LogP contribution is -2.14. The summed E-state index contributed by atoms with van der Waals surface area (Å²) >= 11 is 6.43. The Morgan fingerprint density at radius 1 is 1.64 bits per heavy atom. The van der Waals surface area contributed by atoms with Crippen LogP contribution in [0.25, 0.3) is 0 Å². The van der Waals surface area contributed by atoms with E-state index in [0.29, 0.717) is 0 Å². The molecule has 1 unspecified atom stereocenters. The third-order valence-corrected chi connectivity index (χ3v) is 2.60. The molecule has 1 rings (SSSR count). The summed E-state index contributed by atoms with van der Waals surface area (Å²) in [6.45, 7) is -0.368. The number of aliphatic hydroxyl groups is 2. The fraction of sp³-hybridized carbons (Fsp3) is 0.429. The van der Waals surface area contributed by atoms with Crippen molar-refractivity contribution < 1.29 is 14.6 Å². The van der Waals surface area contributed by atoms with E-state index in [2.05, 4.69) is 9.97 Å². The molecule has 0 aliphatic rings. The summed E-state index contributed by atoms with van der Waals surface area (Å²) in [5.74, 6) is -0.439. The third-order valence-electron chi connectivity index (χ3n) is 1.31. The highest BCUT2D eigenvalue weighted by Crippen LogP contribution is 2.20. The molecule has 0 aromatic carbocycles. The molecule has 0 aliphatic carbocycles. The summed E-state index contributed by atoms with van der Waals surface area (Å²) in [6.07, 6.45) is 0.0661. The van der Waals surface area contributed by atoms with Crippen molar-refractivity contribution in [1.29, 1.82) is 0 Å². The first-order chi connectivity index (χ1) is 6.63. The second kappa shape index (κ2) is 5.45. The third kappa shape index (κ3) is 3.38. The lowest BCUT2D eigenvalue weighted by atomic mass is 10.4. The minimum atomic E-state index is -0.895. The molecule has 7 heteroatoms. The van der Waals surface area contributed by atoms with Crippen molar-refractivity contribution in [2.45, 2.75) is 11.1 Å². The first kappa shape index (κ1) is 11.6. The fourth-order valence-corrected chi connectivity index (χ4v) is 1.64. The molecule has 1 atom stereocenters. The molecule has 0 radical (unpaired) electrons. The largest absolute Gasteiger partial charge is 0.394 e. The van der Waals surface area contributed by atoms with Crippen molar-refractivity contribution in [2.75, 3.05) is 12.4 Å². The predicted molar refractivity (Wildman–Crippen MR) is 50.8 cm³/mol. The van der Waals surface area contributed by atoms with Crippen LogP contribution in [0.5, 0.6) is 0 Å². The van der Waals surface area contributed by atoms with Crippen LogP contribution in [0.4, 0.5) is 4.39 Å². The topological polar surface area (TPSA) is 66.2 Å². The first-order valence-corrected chi connectivity index (χ1v) is 5.09. The molecule has 0 spiro atoms. The summed E-state index contributed by atoms with van der Waals surface area (Å²) in [7, 11) is 0. The molecular formula is C7H8ClFN2O2S. The highest BCUT2D eigenvalue weighted by molar-refractivity contribution is 7.99. The van der Waals surface area contributed by atoms with Crippen molar-refractivity contribution in [3.63, 3.8) is 0 Å². The maximum absolute atomic E-state index is 13.0. The zero-order valence-electron chi connectivity index (χ0n) is 7.02. The number of aromatic nitrogens is 2. The highest BCUT2D eigenvalue weighted by Gasteiger charge is 2.09. The van der Waals surface area contributed by atoms with Crippen LogP contribution in [-0.2, 0) is 0 Å². The van der Waals surface area contributed by atoms with Gasteiger partial charge in [-0.25, -0.2) is 14.4 Å². The number of thioether (sulfide) groups is 1. The Bertz CT molecular complexity index is 316. The van der Waals surface area contributed by atoms with Gasteiger partial charge in [-0.2, -0.15) is 0 Å². The minimum absolute atomic E-state index is 0.0487. The van der Waals surface area contributed by atoms with Crippen molar-refractivity contribution in [2.24, 2.45) is 0 Å². The zero-order chi connectivity index (χ0) is 10.6. The average molecular weight is 239 g/mol. The van der Waals surface area contributed by atoms with Gasteiger partial charge < -0.3 is 10.2 Å². The molecule has 1 aromatic rings. The Morgan fingerprint density at radius 3 is 3.00 bits per heavy atom. The summed E-state index contributed by atoms with van der Waals surface area (Å²) in [4.78, 5) is 7.07. The predicted octanol–water partition coefficient (Wildman–Crippen LogP) is 0.714. The van der Waals surface area contributed by atoms with Gasteiger partial charge in [0.25, 0.3) is 0 Å². The Morgan fingerprint density at radius 2 is 2.36 bits per heavy atom. The number of aliphatic hydroxyl groups excluding tert-OH is 2. The molecule has 1 aromatic heterocycles. The summed E-state index contributed by atoms with van der Waals surface area (Å²) in [6, 6.07) is 0. The van der Waals surface area contributed by atoms with Gasteiger partial charge >= 0.3 is 0 Å². The van der Waals surface area contributed by atoms with Crippen LogP contribution in [0.15, 0.2) is 11.2 Å². The number of nitrogens with zero attached hydrogens (tertiary/aromatic N) is 2. The van der Waals surface area contributed by atoms with E-state index in [4.69, 9.17) is 21.8 Å². The van der Waals surface area contributed by atoms with Crippen LogP contribution in [0.1, 0.15) is 0 Å². The van der Waals surface area contributed by atoms with Gasteiger partial charge in [0.15, 0.2) is 5.82 Å². The molecule has 0 saturated heterocycles. The summed E-state index contributed by atoms with van der Waals surface area (Å²) < 4.78 is 13.0. The van der Waals surface area contributed by atoms with Crippen molar-refractivity contribution in [3.8, 4) is 0 Å². The second-order valence-electron chi connectivity index (χ2n) is 2.44. The van der Waals surface area contributed by atoms with E-state index in [0.717, 1.165) is 18.0 Å². The Balaban J connectivity index is 2.62. The van der Waals surface area contributed by atoms with Gasteiger partial charge in [0.2, 0.25) is 5.28 Å². The molecular weight excluding hydrogens is 231 g/mol. The molecule has 0 amide bonds. The van der Waals surface area contributed by atoms with Gasteiger partial charge in [0.05, 0.1) is 18.9 Å². The number of hydrogen-bond donors (Lipinski definition) is 2. The van der Waals surface area contributed by atoms with Crippen LogP contribution in [-0.4, -0.2) is 38.6 Å². The van der Waals surface area contributed by atoms with E-state index < -0.39 is 11.9 Å². The van der Waals surface area contributed by atoms with Crippen LogP contribution >= 0.6 is 23.4 Å². The lowest BCUT2D eigenvalue weighted by Gasteiger charge is -2.06. The molecule has 0 bridgehead atoms. The monoisotopic (exact) mass is 238 g/mol. The molecule has 2 N–H and O–H groups in total. The number of rotatable bonds is 4. The van der Waals surface area contributed by atoms with Crippen LogP contribution in [0.2, 0.25) is 5.28 Å². The second-order valence-corrected chi connectivity index (χ2v) is 3.79. The van der Waals surface area contributed by atoms with E-state index in [9.17, 15) is 4.39 Å². The fourth-order valence-electron chi connectivity index (χ4n) is 0.660. The highest BCUT2D eigenvalue weighted by atomic mass is 35.5. The molecule has 14 heavy (non-hydrogen) atoms. The molecule has 4 nitrogen and oxygen atoms in total.